The maximum absolute atomic E-state index is 13.2. The smallest absolute Gasteiger partial charge is 0.128 e. The Morgan fingerprint density at radius 1 is 1.32 bits per heavy atom. The molecule has 0 aromatic heterocycles. The minimum atomic E-state index is -0.399. The van der Waals surface area contributed by atoms with Crippen LogP contribution in [0.3, 0.4) is 0 Å². The molecule has 1 aromatic rings. The molecule has 0 aliphatic heterocycles. The minimum absolute atomic E-state index is 0.307. The highest BCUT2D eigenvalue weighted by molar-refractivity contribution is 6.00. The fraction of sp³-hybridized carbons (Fsp3) is 0.500. The van der Waals surface area contributed by atoms with Crippen molar-refractivity contribution in [2.24, 2.45) is 5.16 Å². The van der Waals surface area contributed by atoms with Crippen LogP contribution in [-0.2, 0) is 4.74 Å². The average Bonchev–Trinajstić information content (AvgIpc) is 2.43. The molecular formula is C14H20FNO3. The van der Waals surface area contributed by atoms with Gasteiger partial charge in [0.15, 0.2) is 0 Å². The largest absolute Gasteiger partial charge is 0.490 e. The molecule has 4 nitrogen and oxygen atoms in total. The Bertz CT molecular complexity index is 421. The average molecular weight is 269 g/mol. The summed E-state index contributed by atoms with van der Waals surface area (Å²) in [6, 6.07) is 4.11. The summed E-state index contributed by atoms with van der Waals surface area (Å²) < 4.78 is 24.0. The number of unbranched alkanes of at least 4 members (excludes halogenated alkanes) is 1. The van der Waals surface area contributed by atoms with E-state index in [0.29, 0.717) is 36.8 Å². The van der Waals surface area contributed by atoms with Crippen molar-refractivity contribution in [1.82, 2.24) is 0 Å². The monoisotopic (exact) mass is 269 g/mol. The van der Waals surface area contributed by atoms with Crippen molar-refractivity contribution < 1.29 is 19.1 Å². The van der Waals surface area contributed by atoms with Gasteiger partial charge in [-0.3, -0.25) is 0 Å². The molecule has 0 fully saturated rings. The molecule has 0 radical (unpaired) electrons. The summed E-state index contributed by atoms with van der Waals surface area (Å²) in [7, 11) is 0. The normalized spacial score (nSPS) is 11.6. The zero-order valence-electron chi connectivity index (χ0n) is 11.4. The summed E-state index contributed by atoms with van der Waals surface area (Å²) in [6.07, 6.45) is 2.12. The van der Waals surface area contributed by atoms with Crippen molar-refractivity contribution in [2.45, 2.75) is 26.7 Å². The van der Waals surface area contributed by atoms with E-state index in [1.165, 1.54) is 18.2 Å². The molecule has 0 saturated heterocycles. The standard InChI is InChI=1S/C14H20FNO3/c1-3-4-7-18-8-9-19-14-6-5-12(15)10-13(14)11(2)16-17/h5-6,10,17H,3-4,7-9H2,1-2H3. The first kappa shape index (κ1) is 15.4. The van der Waals surface area contributed by atoms with E-state index in [9.17, 15) is 4.39 Å². The third-order valence-corrected chi connectivity index (χ3v) is 2.61. The molecule has 0 unspecified atom stereocenters. The molecule has 1 aromatic carbocycles. The molecule has 1 N–H and O–H groups in total. The molecule has 0 saturated carbocycles. The van der Waals surface area contributed by atoms with Crippen molar-refractivity contribution in [3.05, 3.63) is 29.6 Å². The van der Waals surface area contributed by atoms with Crippen LogP contribution >= 0.6 is 0 Å². The summed E-state index contributed by atoms with van der Waals surface area (Å²) >= 11 is 0. The molecule has 0 amide bonds. The highest BCUT2D eigenvalue weighted by Gasteiger charge is 2.09. The van der Waals surface area contributed by atoms with Crippen molar-refractivity contribution in [3.63, 3.8) is 0 Å². The van der Waals surface area contributed by atoms with Gasteiger partial charge in [0.25, 0.3) is 0 Å². The van der Waals surface area contributed by atoms with E-state index in [2.05, 4.69) is 12.1 Å². The molecule has 0 aliphatic rings. The lowest BCUT2D eigenvalue weighted by molar-refractivity contribution is 0.0979. The van der Waals surface area contributed by atoms with Gasteiger partial charge in [0, 0.05) is 12.2 Å². The molecule has 19 heavy (non-hydrogen) atoms. The van der Waals surface area contributed by atoms with Crippen LogP contribution in [0.5, 0.6) is 5.75 Å². The van der Waals surface area contributed by atoms with Crippen LogP contribution in [-0.4, -0.2) is 30.7 Å². The zero-order chi connectivity index (χ0) is 14.1. The molecule has 0 bridgehead atoms. The van der Waals surface area contributed by atoms with Gasteiger partial charge in [-0.1, -0.05) is 18.5 Å². The zero-order valence-corrected chi connectivity index (χ0v) is 11.4. The van der Waals surface area contributed by atoms with Crippen molar-refractivity contribution >= 4 is 5.71 Å². The van der Waals surface area contributed by atoms with Crippen molar-refractivity contribution in [2.75, 3.05) is 19.8 Å². The third-order valence-electron chi connectivity index (χ3n) is 2.61. The van der Waals surface area contributed by atoms with Crippen LogP contribution in [0.1, 0.15) is 32.3 Å². The van der Waals surface area contributed by atoms with E-state index in [4.69, 9.17) is 14.7 Å². The maximum atomic E-state index is 13.2. The summed E-state index contributed by atoms with van der Waals surface area (Å²) in [4.78, 5) is 0. The first-order valence-corrected chi connectivity index (χ1v) is 6.38. The Hall–Kier alpha value is -1.62. The number of oxime groups is 1. The Balaban J connectivity index is 2.53. The molecule has 1 rings (SSSR count). The predicted octanol–water partition coefficient (Wildman–Crippen LogP) is 3.22. The van der Waals surface area contributed by atoms with Crippen LogP contribution in [0.15, 0.2) is 23.4 Å². The Morgan fingerprint density at radius 3 is 2.79 bits per heavy atom. The van der Waals surface area contributed by atoms with Crippen LogP contribution in [0.2, 0.25) is 0 Å². The molecular weight excluding hydrogens is 249 g/mol. The first-order valence-electron chi connectivity index (χ1n) is 6.38. The Morgan fingerprint density at radius 2 is 2.11 bits per heavy atom. The number of halogens is 1. The summed E-state index contributed by atoms with van der Waals surface area (Å²) in [5.74, 6) is 0.0836. The van der Waals surface area contributed by atoms with Gasteiger partial charge in [0.2, 0.25) is 0 Å². The number of hydrogen-bond acceptors (Lipinski definition) is 4. The fourth-order valence-corrected chi connectivity index (χ4v) is 1.52. The van der Waals surface area contributed by atoms with Crippen molar-refractivity contribution in [3.8, 4) is 5.75 Å². The van der Waals surface area contributed by atoms with E-state index in [1.54, 1.807) is 6.92 Å². The van der Waals surface area contributed by atoms with Crippen molar-refractivity contribution in [1.29, 1.82) is 0 Å². The van der Waals surface area contributed by atoms with E-state index in [1.807, 2.05) is 0 Å². The molecule has 0 heterocycles. The fourth-order valence-electron chi connectivity index (χ4n) is 1.52. The Kier molecular flexibility index (Phi) is 6.89. The second-order valence-corrected chi connectivity index (χ2v) is 4.14. The molecule has 0 atom stereocenters. The number of benzene rings is 1. The third kappa shape index (κ3) is 5.26. The van der Waals surface area contributed by atoms with E-state index in [-0.39, 0.29) is 0 Å². The van der Waals surface area contributed by atoms with Crippen LogP contribution in [0.25, 0.3) is 0 Å². The number of hydrogen-bond donors (Lipinski definition) is 1. The number of ether oxygens (including phenoxy) is 2. The lowest BCUT2D eigenvalue weighted by atomic mass is 10.1. The van der Waals surface area contributed by atoms with E-state index >= 15 is 0 Å². The molecule has 106 valence electrons. The minimum Gasteiger partial charge on any atom is -0.490 e. The van der Waals surface area contributed by atoms with Gasteiger partial charge < -0.3 is 14.7 Å². The lowest BCUT2D eigenvalue weighted by Gasteiger charge is -2.11. The highest BCUT2D eigenvalue weighted by Crippen LogP contribution is 2.20. The first-order chi connectivity index (χ1) is 9.19. The van der Waals surface area contributed by atoms with Gasteiger partial charge in [0.1, 0.15) is 18.2 Å². The quantitative estimate of drug-likeness (QED) is 0.341. The second kappa shape index (κ2) is 8.48. The molecule has 0 spiro atoms. The highest BCUT2D eigenvalue weighted by atomic mass is 19.1. The molecule has 0 aliphatic carbocycles. The number of nitrogens with zero attached hydrogens (tertiary/aromatic N) is 1. The summed E-state index contributed by atoms with van der Waals surface area (Å²) in [6.45, 7) is 5.25. The van der Waals surface area contributed by atoms with Crippen LogP contribution in [0, 0.1) is 5.82 Å². The van der Waals surface area contributed by atoms with Gasteiger partial charge in [0.05, 0.1) is 12.3 Å². The topological polar surface area (TPSA) is 51.0 Å². The van der Waals surface area contributed by atoms with Gasteiger partial charge in [-0.25, -0.2) is 4.39 Å². The second-order valence-electron chi connectivity index (χ2n) is 4.14. The van der Waals surface area contributed by atoms with Crippen LogP contribution in [0.4, 0.5) is 4.39 Å². The summed E-state index contributed by atoms with van der Waals surface area (Å²) in [5.41, 5.74) is 0.748. The van der Waals surface area contributed by atoms with Crippen LogP contribution < -0.4 is 4.74 Å². The number of rotatable bonds is 8. The SMILES string of the molecule is CCCCOCCOc1ccc(F)cc1C(C)=NO. The van der Waals surface area contributed by atoms with E-state index < -0.39 is 5.82 Å². The summed E-state index contributed by atoms with van der Waals surface area (Å²) in [5, 5.41) is 11.8. The maximum Gasteiger partial charge on any atom is 0.128 e. The van der Waals surface area contributed by atoms with Gasteiger partial charge >= 0.3 is 0 Å². The lowest BCUT2D eigenvalue weighted by Crippen LogP contribution is -2.10. The molecule has 5 heteroatoms. The van der Waals surface area contributed by atoms with Gasteiger partial charge in [-0.15, -0.1) is 0 Å². The van der Waals surface area contributed by atoms with Gasteiger partial charge in [-0.05, 0) is 31.5 Å². The van der Waals surface area contributed by atoms with Gasteiger partial charge in [-0.2, -0.15) is 0 Å². The Labute approximate surface area is 112 Å². The van der Waals surface area contributed by atoms with E-state index in [0.717, 1.165) is 12.8 Å². The predicted molar refractivity (Wildman–Crippen MR) is 71.6 cm³/mol.